The fourth-order valence-corrected chi connectivity index (χ4v) is 6.57. The maximum absolute atomic E-state index is 6.71. The van der Waals surface area contributed by atoms with Crippen LogP contribution in [0.3, 0.4) is 0 Å². The lowest BCUT2D eigenvalue weighted by Crippen LogP contribution is -2.12. The third kappa shape index (κ3) is 3.62. The van der Waals surface area contributed by atoms with Crippen LogP contribution in [0.2, 0.25) is 0 Å². The molecule has 0 spiro atoms. The Morgan fingerprint density at radius 2 is 1.00 bits per heavy atom. The molecule has 3 heteroatoms. The van der Waals surface area contributed by atoms with Crippen LogP contribution in [-0.4, -0.2) is 0 Å². The van der Waals surface area contributed by atoms with Gasteiger partial charge in [-0.3, -0.25) is 0 Å². The molecule has 9 aromatic rings. The number of para-hydroxylation sites is 3. The number of anilines is 3. The molecule has 0 aliphatic heterocycles. The van der Waals surface area contributed by atoms with E-state index >= 15 is 0 Å². The van der Waals surface area contributed by atoms with E-state index in [9.17, 15) is 0 Å². The fraction of sp³-hybridized carbons (Fsp3) is 0. The van der Waals surface area contributed by atoms with Crippen LogP contribution in [0.1, 0.15) is 0 Å². The zero-order valence-electron chi connectivity index (χ0n) is 23.2. The highest BCUT2D eigenvalue weighted by Crippen LogP contribution is 2.50. The van der Waals surface area contributed by atoms with Crippen molar-refractivity contribution in [2.24, 2.45) is 0 Å². The monoisotopic (exact) mass is 551 g/mol. The van der Waals surface area contributed by atoms with Gasteiger partial charge in [0.15, 0.2) is 0 Å². The zero-order valence-corrected chi connectivity index (χ0v) is 23.2. The Morgan fingerprint density at radius 3 is 1.84 bits per heavy atom. The molecule has 0 fully saturated rings. The molecule has 43 heavy (non-hydrogen) atoms. The van der Waals surface area contributed by atoms with Gasteiger partial charge in [0.25, 0.3) is 0 Å². The summed E-state index contributed by atoms with van der Waals surface area (Å²) in [4.78, 5) is 2.39. The van der Waals surface area contributed by atoms with Crippen molar-refractivity contribution >= 4 is 71.7 Å². The van der Waals surface area contributed by atoms with Crippen molar-refractivity contribution in [3.05, 3.63) is 152 Å². The number of rotatable bonds is 4. The molecule has 202 valence electrons. The summed E-state index contributed by atoms with van der Waals surface area (Å²) in [5.41, 5.74) is 8.79. The molecule has 0 bridgehead atoms. The van der Waals surface area contributed by atoms with Gasteiger partial charge in [-0.05, 0) is 35.2 Å². The van der Waals surface area contributed by atoms with Gasteiger partial charge in [0.05, 0.1) is 27.8 Å². The van der Waals surface area contributed by atoms with Crippen LogP contribution in [0.4, 0.5) is 17.1 Å². The quantitative estimate of drug-likeness (QED) is 0.218. The van der Waals surface area contributed by atoms with E-state index in [-0.39, 0.29) is 0 Å². The van der Waals surface area contributed by atoms with Gasteiger partial charge in [-0.2, -0.15) is 0 Å². The predicted molar refractivity (Wildman–Crippen MR) is 179 cm³/mol. The summed E-state index contributed by atoms with van der Waals surface area (Å²) in [5.74, 6) is 0. The lowest BCUT2D eigenvalue weighted by molar-refractivity contribution is 0.663. The summed E-state index contributed by atoms with van der Waals surface area (Å²) in [6.07, 6.45) is 0. The van der Waals surface area contributed by atoms with Gasteiger partial charge in [-0.1, -0.05) is 121 Å². The highest BCUT2D eigenvalue weighted by atomic mass is 16.3. The van der Waals surface area contributed by atoms with Crippen LogP contribution in [0, 0.1) is 0 Å². The Labute approximate surface area is 247 Å². The molecule has 3 nitrogen and oxygen atoms in total. The molecule has 0 radical (unpaired) electrons. The predicted octanol–water partition coefficient (Wildman–Crippen LogP) is 11.8. The highest BCUT2D eigenvalue weighted by Gasteiger charge is 2.26. The fourth-order valence-electron chi connectivity index (χ4n) is 6.57. The average molecular weight is 552 g/mol. The van der Waals surface area contributed by atoms with Crippen molar-refractivity contribution in [1.29, 1.82) is 0 Å². The Bertz CT molecular complexity index is 2460. The number of hydrogen-bond donors (Lipinski definition) is 0. The SMILES string of the molecule is c1ccc(-c2ccccc2N(c2cccc3ccccc23)c2cc3oc4ccccc4c3c3oc4ccccc4c23)cc1. The highest BCUT2D eigenvalue weighted by molar-refractivity contribution is 6.27. The first-order valence-corrected chi connectivity index (χ1v) is 14.5. The van der Waals surface area contributed by atoms with Gasteiger partial charge in [0.2, 0.25) is 0 Å². The number of fused-ring (bicyclic) bond motifs is 8. The summed E-state index contributed by atoms with van der Waals surface area (Å²) >= 11 is 0. The van der Waals surface area contributed by atoms with Gasteiger partial charge >= 0.3 is 0 Å². The molecule has 0 saturated carbocycles. The van der Waals surface area contributed by atoms with E-state index in [1.807, 2.05) is 24.3 Å². The molecule has 0 saturated heterocycles. The van der Waals surface area contributed by atoms with Gasteiger partial charge < -0.3 is 13.7 Å². The topological polar surface area (TPSA) is 29.5 Å². The van der Waals surface area contributed by atoms with Crippen molar-refractivity contribution in [2.75, 3.05) is 4.90 Å². The number of hydrogen-bond acceptors (Lipinski definition) is 3. The standard InChI is InChI=1S/C40H25NO2/c1-2-13-26(14-3-1)28-18-6-9-21-32(28)41(33-22-12-16-27-15-4-5-17-29(27)33)34-25-37-39(31-20-8-10-23-35(31)42-37)40-38(34)30-19-7-11-24-36(30)43-40/h1-25H. The van der Waals surface area contributed by atoms with E-state index in [0.29, 0.717) is 0 Å². The van der Waals surface area contributed by atoms with E-state index in [1.54, 1.807) is 0 Å². The molecule has 0 aliphatic carbocycles. The molecule has 2 heterocycles. The van der Waals surface area contributed by atoms with Crippen molar-refractivity contribution in [3.8, 4) is 11.1 Å². The minimum atomic E-state index is 0.796. The second-order valence-electron chi connectivity index (χ2n) is 10.9. The molecule has 2 aromatic heterocycles. The van der Waals surface area contributed by atoms with Gasteiger partial charge in [0, 0.05) is 27.8 Å². The molecule has 0 unspecified atom stereocenters. The lowest BCUT2D eigenvalue weighted by Gasteiger charge is -2.29. The van der Waals surface area contributed by atoms with Gasteiger partial charge in [0.1, 0.15) is 22.3 Å². The van der Waals surface area contributed by atoms with E-state index in [2.05, 4.69) is 132 Å². The Morgan fingerprint density at radius 1 is 0.395 bits per heavy atom. The normalized spacial score (nSPS) is 11.7. The second kappa shape index (κ2) is 9.37. The average Bonchev–Trinajstić information content (AvgIpc) is 3.64. The van der Waals surface area contributed by atoms with Gasteiger partial charge in [-0.25, -0.2) is 0 Å². The van der Waals surface area contributed by atoms with Crippen molar-refractivity contribution < 1.29 is 8.83 Å². The van der Waals surface area contributed by atoms with Crippen LogP contribution >= 0.6 is 0 Å². The molecular formula is C40H25NO2. The molecule has 9 rings (SSSR count). The third-order valence-electron chi connectivity index (χ3n) is 8.45. The minimum absolute atomic E-state index is 0.796. The summed E-state index contributed by atoms with van der Waals surface area (Å²) < 4.78 is 13.2. The largest absolute Gasteiger partial charge is 0.456 e. The van der Waals surface area contributed by atoms with Crippen molar-refractivity contribution in [2.45, 2.75) is 0 Å². The molecule has 0 amide bonds. The Kier molecular flexibility index (Phi) is 5.20. The second-order valence-corrected chi connectivity index (χ2v) is 10.9. The summed E-state index contributed by atoms with van der Waals surface area (Å²) in [5, 5.41) is 6.53. The zero-order chi connectivity index (χ0) is 28.3. The minimum Gasteiger partial charge on any atom is -0.456 e. The van der Waals surface area contributed by atoms with Crippen LogP contribution in [0.5, 0.6) is 0 Å². The first kappa shape index (κ1) is 23.9. The summed E-state index contributed by atoms with van der Waals surface area (Å²) in [6.45, 7) is 0. The maximum atomic E-state index is 6.71. The smallest absolute Gasteiger partial charge is 0.149 e. The Balaban J connectivity index is 1.48. The van der Waals surface area contributed by atoms with Gasteiger partial charge in [-0.15, -0.1) is 0 Å². The van der Waals surface area contributed by atoms with Crippen LogP contribution in [0.15, 0.2) is 160 Å². The van der Waals surface area contributed by atoms with E-state index in [1.165, 1.54) is 10.8 Å². The molecule has 0 aliphatic rings. The van der Waals surface area contributed by atoms with E-state index in [4.69, 9.17) is 8.83 Å². The first-order chi connectivity index (χ1) is 21.3. The summed E-state index contributed by atoms with van der Waals surface area (Å²) in [6, 6.07) is 53.0. The maximum Gasteiger partial charge on any atom is 0.149 e. The first-order valence-electron chi connectivity index (χ1n) is 14.5. The van der Waals surface area contributed by atoms with Crippen LogP contribution in [-0.2, 0) is 0 Å². The van der Waals surface area contributed by atoms with Crippen molar-refractivity contribution in [1.82, 2.24) is 0 Å². The summed E-state index contributed by atoms with van der Waals surface area (Å²) in [7, 11) is 0. The molecule has 0 N–H and O–H groups in total. The lowest BCUT2D eigenvalue weighted by atomic mass is 9.99. The Hall–Kier alpha value is -5.80. The third-order valence-corrected chi connectivity index (χ3v) is 8.45. The number of furan rings is 2. The van der Waals surface area contributed by atoms with E-state index in [0.717, 1.165) is 72.1 Å². The number of nitrogens with zero attached hydrogens (tertiary/aromatic N) is 1. The van der Waals surface area contributed by atoms with E-state index < -0.39 is 0 Å². The molecule has 0 atom stereocenters. The molecule has 7 aromatic carbocycles. The number of benzene rings is 7. The van der Waals surface area contributed by atoms with Crippen LogP contribution < -0.4 is 4.90 Å². The van der Waals surface area contributed by atoms with Crippen LogP contribution in [0.25, 0.3) is 65.8 Å². The van der Waals surface area contributed by atoms with Crippen molar-refractivity contribution in [3.63, 3.8) is 0 Å². The molecular weight excluding hydrogens is 526 g/mol.